The summed E-state index contributed by atoms with van der Waals surface area (Å²) in [7, 11) is 0. The molecule has 4 atom stereocenters. The van der Waals surface area contributed by atoms with Gasteiger partial charge in [0.15, 0.2) is 17.7 Å². The van der Waals surface area contributed by atoms with Crippen molar-refractivity contribution in [2.24, 2.45) is 17.8 Å². The maximum atomic E-state index is 11.5. The van der Waals surface area contributed by atoms with Crippen LogP contribution in [0.15, 0.2) is 0 Å². The van der Waals surface area contributed by atoms with Crippen molar-refractivity contribution in [2.45, 2.75) is 25.4 Å². The minimum atomic E-state index is -1.51. The van der Waals surface area contributed by atoms with E-state index >= 15 is 0 Å². The number of carboxylic acid groups (broad SMARTS) is 1. The van der Waals surface area contributed by atoms with Crippen LogP contribution in [0.2, 0.25) is 0 Å². The molecule has 2 aliphatic rings. The fourth-order valence-corrected chi connectivity index (χ4v) is 2.60. The first kappa shape index (κ1) is 10.3. The summed E-state index contributed by atoms with van der Waals surface area (Å²) in [5.74, 6) is -3.39. The quantitative estimate of drug-likeness (QED) is 0.578. The van der Waals surface area contributed by atoms with Crippen molar-refractivity contribution in [2.75, 3.05) is 0 Å². The molecule has 2 fully saturated rings. The fourth-order valence-electron chi connectivity index (χ4n) is 2.60. The van der Waals surface area contributed by atoms with Crippen LogP contribution in [0.3, 0.4) is 0 Å². The molecule has 0 saturated heterocycles. The van der Waals surface area contributed by atoms with E-state index in [0.717, 1.165) is 0 Å². The van der Waals surface area contributed by atoms with Gasteiger partial charge in [-0.1, -0.05) is 0 Å². The predicted molar refractivity (Wildman–Crippen MR) is 48.0 cm³/mol. The van der Waals surface area contributed by atoms with Crippen molar-refractivity contribution in [3.05, 3.63) is 0 Å². The molecule has 0 bridgehead atoms. The molecule has 2 aliphatic carbocycles. The zero-order valence-electron chi connectivity index (χ0n) is 8.05. The summed E-state index contributed by atoms with van der Waals surface area (Å²) >= 11 is 0. The van der Waals surface area contributed by atoms with Crippen LogP contribution in [0.4, 0.5) is 0 Å². The van der Waals surface area contributed by atoms with Crippen LogP contribution < -0.4 is 0 Å². The second kappa shape index (κ2) is 3.41. The average molecular weight is 212 g/mol. The first-order valence-electron chi connectivity index (χ1n) is 5.00. The van der Waals surface area contributed by atoms with Crippen LogP contribution in [0.1, 0.15) is 19.3 Å². The number of aliphatic carboxylic acids is 1. The molecule has 82 valence electrons. The summed E-state index contributed by atoms with van der Waals surface area (Å²) in [5.41, 5.74) is 0. The molecule has 0 amide bonds. The smallest absolute Gasteiger partial charge is 0.306 e. The van der Waals surface area contributed by atoms with Crippen LogP contribution in [0.25, 0.3) is 0 Å². The van der Waals surface area contributed by atoms with Gasteiger partial charge in [0, 0.05) is 11.8 Å². The number of hydrogen-bond donors (Lipinski definition) is 2. The number of rotatable bonds is 1. The van der Waals surface area contributed by atoms with Crippen molar-refractivity contribution in [1.82, 2.24) is 0 Å². The van der Waals surface area contributed by atoms with Crippen molar-refractivity contribution in [3.8, 4) is 0 Å². The van der Waals surface area contributed by atoms with E-state index in [-0.39, 0.29) is 6.42 Å². The number of carbonyl (C=O) groups excluding carboxylic acids is 2. The Morgan fingerprint density at radius 2 is 1.73 bits per heavy atom. The van der Waals surface area contributed by atoms with E-state index in [4.69, 9.17) is 5.11 Å². The second-order valence-corrected chi connectivity index (χ2v) is 4.27. The van der Waals surface area contributed by atoms with E-state index in [1.165, 1.54) is 0 Å². The molecule has 15 heavy (non-hydrogen) atoms. The molecule has 0 radical (unpaired) electrons. The van der Waals surface area contributed by atoms with Gasteiger partial charge in [-0.25, -0.2) is 0 Å². The third-order valence-corrected chi connectivity index (χ3v) is 3.47. The summed E-state index contributed by atoms with van der Waals surface area (Å²) < 4.78 is 0. The lowest BCUT2D eigenvalue weighted by molar-refractivity contribution is -0.144. The Bertz CT molecular complexity index is 335. The van der Waals surface area contributed by atoms with Gasteiger partial charge in [-0.2, -0.15) is 0 Å². The van der Waals surface area contributed by atoms with Gasteiger partial charge in [0.25, 0.3) is 0 Å². The Morgan fingerprint density at radius 1 is 1.13 bits per heavy atom. The highest BCUT2D eigenvalue weighted by Crippen LogP contribution is 2.40. The van der Waals surface area contributed by atoms with Gasteiger partial charge in [0.1, 0.15) is 0 Å². The lowest BCUT2D eigenvalue weighted by Crippen LogP contribution is -2.30. The first-order valence-corrected chi connectivity index (χ1v) is 5.00. The minimum absolute atomic E-state index is 0.196. The highest BCUT2D eigenvalue weighted by Gasteiger charge is 2.51. The molecule has 2 N–H and O–H groups in total. The predicted octanol–water partition coefficient (Wildman–Crippen LogP) is -0.384. The molecule has 0 aliphatic heterocycles. The van der Waals surface area contributed by atoms with Gasteiger partial charge in [-0.05, 0) is 19.3 Å². The molecule has 0 aromatic rings. The largest absolute Gasteiger partial charge is 0.481 e. The van der Waals surface area contributed by atoms with Gasteiger partial charge < -0.3 is 10.2 Å². The topological polar surface area (TPSA) is 91.7 Å². The molecular formula is C10H12O5. The Hall–Kier alpha value is -1.23. The first-order chi connectivity index (χ1) is 7.02. The van der Waals surface area contributed by atoms with E-state index in [1.54, 1.807) is 0 Å². The normalized spacial score (nSPS) is 40.3. The van der Waals surface area contributed by atoms with Crippen LogP contribution >= 0.6 is 0 Å². The zero-order chi connectivity index (χ0) is 11.2. The standard InChI is InChI=1S/C10H12O5/c11-7-5-2-1-4(10(14)15)3-6(5)8(12)9(7)13/h4-6,9,13H,1-3H2,(H,14,15). The van der Waals surface area contributed by atoms with E-state index in [9.17, 15) is 19.5 Å². The Labute approximate surface area is 86.1 Å². The van der Waals surface area contributed by atoms with Gasteiger partial charge in [-0.15, -0.1) is 0 Å². The Kier molecular flexibility index (Phi) is 2.34. The number of carboxylic acids is 1. The van der Waals surface area contributed by atoms with Gasteiger partial charge >= 0.3 is 5.97 Å². The monoisotopic (exact) mass is 212 g/mol. The average Bonchev–Trinajstić information content (AvgIpc) is 2.44. The van der Waals surface area contributed by atoms with Crippen molar-refractivity contribution in [3.63, 3.8) is 0 Å². The summed E-state index contributed by atoms with van der Waals surface area (Å²) in [6.07, 6.45) is -0.486. The lowest BCUT2D eigenvalue weighted by Gasteiger charge is -2.26. The number of carbonyl (C=O) groups is 3. The third-order valence-electron chi connectivity index (χ3n) is 3.47. The van der Waals surface area contributed by atoms with Crippen LogP contribution in [-0.4, -0.2) is 33.9 Å². The van der Waals surface area contributed by atoms with E-state index < -0.39 is 41.4 Å². The fraction of sp³-hybridized carbons (Fsp3) is 0.700. The van der Waals surface area contributed by atoms with Crippen LogP contribution in [0, 0.1) is 17.8 Å². The van der Waals surface area contributed by atoms with E-state index in [1.807, 2.05) is 0 Å². The molecule has 0 spiro atoms. The van der Waals surface area contributed by atoms with Gasteiger partial charge in [-0.3, -0.25) is 14.4 Å². The number of aliphatic hydroxyl groups is 1. The summed E-state index contributed by atoms with van der Waals surface area (Å²) in [6, 6.07) is 0. The lowest BCUT2D eigenvalue weighted by atomic mass is 9.75. The molecule has 0 aromatic carbocycles. The molecule has 5 nitrogen and oxygen atoms in total. The third kappa shape index (κ3) is 1.47. The maximum Gasteiger partial charge on any atom is 0.306 e. The van der Waals surface area contributed by atoms with Gasteiger partial charge in [0.05, 0.1) is 5.92 Å². The van der Waals surface area contributed by atoms with Gasteiger partial charge in [0.2, 0.25) is 0 Å². The highest BCUT2D eigenvalue weighted by molar-refractivity contribution is 6.14. The molecule has 0 heterocycles. The number of Topliss-reactive ketones (excluding diaryl/α,β-unsaturated/α-hetero) is 2. The Balaban J connectivity index is 2.18. The van der Waals surface area contributed by atoms with E-state index in [0.29, 0.717) is 12.8 Å². The molecule has 4 unspecified atom stereocenters. The number of hydrogen-bond acceptors (Lipinski definition) is 4. The molecule has 5 heteroatoms. The minimum Gasteiger partial charge on any atom is -0.481 e. The number of ketones is 2. The van der Waals surface area contributed by atoms with Crippen LogP contribution in [-0.2, 0) is 14.4 Å². The number of aliphatic hydroxyl groups excluding tert-OH is 1. The number of fused-ring (bicyclic) bond motifs is 1. The maximum absolute atomic E-state index is 11.5. The SMILES string of the molecule is O=C(O)C1CCC2C(=O)C(O)C(=O)C2C1. The molecule has 2 rings (SSSR count). The van der Waals surface area contributed by atoms with Crippen molar-refractivity contribution < 1.29 is 24.6 Å². The molecular weight excluding hydrogens is 200 g/mol. The van der Waals surface area contributed by atoms with Crippen LogP contribution in [0.5, 0.6) is 0 Å². The summed E-state index contributed by atoms with van der Waals surface area (Å²) in [5, 5.41) is 18.1. The zero-order valence-corrected chi connectivity index (χ0v) is 8.05. The van der Waals surface area contributed by atoms with Crippen molar-refractivity contribution in [1.29, 1.82) is 0 Å². The summed E-state index contributed by atoms with van der Waals surface area (Å²) in [4.78, 5) is 33.6. The molecule has 0 aromatic heterocycles. The Morgan fingerprint density at radius 3 is 2.33 bits per heavy atom. The van der Waals surface area contributed by atoms with Crippen molar-refractivity contribution >= 4 is 17.5 Å². The van der Waals surface area contributed by atoms with E-state index in [2.05, 4.69) is 0 Å². The molecule has 2 saturated carbocycles. The highest BCUT2D eigenvalue weighted by atomic mass is 16.4. The summed E-state index contributed by atoms with van der Waals surface area (Å²) in [6.45, 7) is 0. The second-order valence-electron chi connectivity index (χ2n) is 4.27.